The number of fused-ring (bicyclic) bond motifs is 1. The van der Waals surface area contributed by atoms with Gasteiger partial charge in [-0.25, -0.2) is 0 Å². The van der Waals surface area contributed by atoms with E-state index in [2.05, 4.69) is 6.08 Å². The summed E-state index contributed by atoms with van der Waals surface area (Å²) in [5.74, 6) is 2.02. The molecule has 76 valence electrons. The highest BCUT2D eigenvalue weighted by atomic mass is 16.5. The van der Waals surface area contributed by atoms with E-state index in [1.54, 1.807) is 0 Å². The summed E-state index contributed by atoms with van der Waals surface area (Å²) in [6, 6.07) is 0. The fraction of sp³-hybridized carbons (Fsp3) is 0.750. The molecule has 2 heteroatoms. The number of carbonyl (C=O) groups is 1. The van der Waals surface area contributed by atoms with E-state index < -0.39 is 0 Å². The van der Waals surface area contributed by atoms with Gasteiger partial charge in [-0.2, -0.15) is 0 Å². The fourth-order valence-corrected chi connectivity index (χ4v) is 2.96. The molecule has 0 aromatic heterocycles. The molecule has 1 saturated carbocycles. The fourth-order valence-electron chi connectivity index (χ4n) is 2.96. The molecule has 3 rings (SSSR count). The van der Waals surface area contributed by atoms with Crippen molar-refractivity contribution in [1.29, 1.82) is 0 Å². The Morgan fingerprint density at radius 3 is 2.86 bits per heavy atom. The first-order valence-corrected chi connectivity index (χ1v) is 5.64. The van der Waals surface area contributed by atoms with Gasteiger partial charge in [0.25, 0.3) is 0 Å². The quantitative estimate of drug-likeness (QED) is 0.639. The van der Waals surface area contributed by atoms with Gasteiger partial charge in [0.05, 0.1) is 13.2 Å². The van der Waals surface area contributed by atoms with Crippen LogP contribution in [0.4, 0.5) is 0 Å². The Hall–Kier alpha value is -0.630. The van der Waals surface area contributed by atoms with E-state index in [1.165, 1.54) is 18.4 Å². The van der Waals surface area contributed by atoms with Crippen LogP contribution >= 0.6 is 0 Å². The molecule has 0 aromatic carbocycles. The molecule has 3 aliphatic rings. The van der Waals surface area contributed by atoms with E-state index in [-0.39, 0.29) is 0 Å². The van der Waals surface area contributed by atoms with Gasteiger partial charge in [0.1, 0.15) is 5.78 Å². The summed E-state index contributed by atoms with van der Waals surface area (Å²) in [5, 5.41) is 0. The SMILES string of the molecule is O=C(CC1=CCCC1)C1C2COCC21. The molecule has 2 atom stereocenters. The van der Waals surface area contributed by atoms with Crippen LogP contribution in [-0.2, 0) is 9.53 Å². The van der Waals surface area contributed by atoms with Crippen LogP contribution in [0, 0.1) is 17.8 Å². The second-order valence-electron chi connectivity index (χ2n) is 4.79. The minimum absolute atomic E-state index is 0.366. The van der Waals surface area contributed by atoms with Crippen molar-refractivity contribution in [3.05, 3.63) is 11.6 Å². The molecule has 0 spiro atoms. The monoisotopic (exact) mass is 192 g/mol. The van der Waals surface area contributed by atoms with Crippen molar-refractivity contribution in [2.24, 2.45) is 17.8 Å². The third-order valence-corrected chi connectivity index (χ3v) is 3.86. The largest absolute Gasteiger partial charge is 0.381 e. The first-order valence-electron chi connectivity index (χ1n) is 5.64. The van der Waals surface area contributed by atoms with Crippen molar-refractivity contribution >= 4 is 5.78 Å². The molecule has 14 heavy (non-hydrogen) atoms. The first kappa shape index (κ1) is 8.66. The molecule has 2 nitrogen and oxygen atoms in total. The third-order valence-electron chi connectivity index (χ3n) is 3.86. The number of Topliss-reactive ketones (excluding diaryl/α,β-unsaturated/α-hetero) is 1. The molecule has 2 unspecified atom stereocenters. The van der Waals surface area contributed by atoms with Gasteiger partial charge in [0, 0.05) is 12.3 Å². The minimum atomic E-state index is 0.366. The molecular weight excluding hydrogens is 176 g/mol. The highest BCUT2D eigenvalue weighted by Crippen LogP contribution is 2.52. The zero-order valence-corrected chi connectivity index (χ0v) is 8.37. The predicted octanol–water partition coefficient (Wildman–Crippen LogP) is 1.95. The number of rotatable bonds is 3. The van der Waals surface area contributed by atoms with Gasteiger partial charge >= 0.3 is 0 Å². The lowest BCUT2D eigenvalue weighted by molar-refractivity contribution is -0.120. The molecule has 1 saturated heterocycles. The summed E-state index contributed by atoms with van der Waals surface area (Å²) in [6.45, 7) is 1.67. The standard InChI is InChI=1S/C12H16O2/c13-11(5-8-3-1-2-4-8)12-9-6-14-7-10(9)12/h3,9-10,12H,1-2,4-7H2. The molecule has 1 aliphatic heterocycles. The lowest BCUT2D eigenvalue weighted by Gasteiger charge is -2.04. The third kappa shape index (κ3) is 1.33. The lowest BCUT2D eigenvalue weighted by Crippen LogP contribution is -2.09. The minimum Gasteiger partial charge on any atom is -0.381 e. The summed E-state index contributed by atoms with van der Waals surface area (Å²) < 4.78 is 5.29. The Bertz CT molecular complexity index is 283. The van der Waals surface area contributed by atoms with Crippen molar-refractivity contribution in [1.82, 2.24) is 0 Å². The maximum Gasteiger partial charge on any atom is 0.140 e. The topological polar surface area (TPSA) is 26.3 Å². The molecular formula is C12H16O2. The molecule has 1 heterocycles. The summed E-state index contributed by atoms with van der Waals surface area (Å²) in [7, 11) is 0. The average Bonchev–Trinajstić information content (AvgIpc) is 2.63. The maximum atomic E-state index is 11.9. The second kappa shape index (κ2) is 3.20. The molecule has 2 aliphatic carbocycles. The number of ether oxygens (including phenoxy) is 1. The van der Waals surface area contributed by atoms with Gasteiger partial charge in [0.15, 0.2) is 0 Å². The lowest BCUT2D eigenvalue weighted by atomic mass is 10.0. The van der Waals surface area contributed by atoms with Crippen molar-refractivity contribution < 1.29 is 9.53 Å². The summed E-state index contributed by atoms with van der Waals surface area (Å²) >= 11 is 0. The Morgan fingerprint density at radius 1 is 1.43 bits per heavy atom. The molecule has 0 radical (unpaired) electrons. The number of ketones is 1. The molecule has 0 amide bonds. The van der Waals surface area contributed by atoms with Gasteiger partial charge in [-0.1, -0.05) is 11.6 Å². The van der Waals surface area contributed by atoms with E-state index in [0.717, 1.165) is 26.1 Å². The van der Waals surface area contributed by atoms with Crippen LogP contribution in [0.15, 0.2) is 11.6 Å². The molecule has 0 bridgehead atoms. The molecule has 2 fully saturated rings. The number of hydrogen-bond acceptors (Lipinski definition) is 2. The maximum absolute atomic E-state index is 11.9. The normalized spacial score (nSPS) is 39.4. The van der Waals surface area contributed by atoms with E-state index in [9.17, 15) is 4.79 Å². The van der Waals surface area contributed by atoms with Crippen molar-refractivity contribution in [2.75, 3.05) is 13.2 Å². The van der Waals surface area contributed by atoms with Crippen LogP contribution in [0.25, 0.3) is 0 Å². The van der Waals surface area contributed by atoms with E-state index in [1.807, 2.05) is 0 Å². The summed E-state index contributed by atoms with van der Waals surface area (Å²) in [6.07, 6.45) is 6.58. The van der Waals surface area contributed by atoms with Gasteiger partial charge in [-0.3, -0.25) is 4.79 Å². The highest BCUT2D eigenvalue weighted by Gasteiger charge is 2.57. The van der Waals surface area contributed by atoms with E-state index in [0.29, 0.717) is 23.5 Å². The van der Waals surface area contributed by atoms with Crippen LogP contribution in [-0.4, -0.2) is 19.0 Å². The first-order chi connectivity index (χ1) is 6.86. The Balaban J connectivity index is 1.56. The van der Waals surface area contributed by atoms with Crippen molar-refractivity contribution in [3.8, 4) is 0 Å². The van der Waals surface area contributed by atoms with Crippen molar-refractivity contribution in [2.45, 2.75) is 25.7 Å². The van der Waals surface area contributed by atoms with E-state index >= 15 is 0 Å². The van der Waals surface area contributed by atoms with Gasteiger partial charge in [0.2, 0.25) is 0 Å². The van der Waals surface area contributed by atoms with Crippen molar-refractivity contribution in [3.63, 3.8) is 0 Å². The molecule has 0 N–H and O–H groups in total. The number of hydrogen-bond donors (Lipinski definition) is 0. The Morgan fingerprint density at radius 2 is 2.21 bits per heavy atom. The van der Waals surface area contributed by atoms with Gasteiger partial charge < -0.3 is 4.74 Å². The second-order valence-corrected chi connectivity index (χ2v) is 4.79. The highest BCUT2D eigenvalue weighted by molar-refractivity contribution is 5.86. The summed E-state index contributed by atoms with van der Waals surface area (Å²) in [4.78, 5) is 11.9. The zero-order chi connectivity index (χ0) is 9.54. The molecule has 0 aromatic rings. The summed E-state index contributed by atoms with van der Waals surface area (Å²) in [5.41, 5.74) is 1.39. The number of allylic oxidation sites excluding steroid dienone is 2. The van der Waals surface area contributed by atoms with Gasteiger partial charge in [-0.05, 0) is 31.1 Å². The van der Waals surface area contributed by atoms with Crippen LogP contribution in [0.3, 0.4) is 0 Å². The van der Waals surface area contributed by atoms with Crippen LogP contribution in [0.1, 0.15) is 25.7 Å². The Labute approximate surface area is 84.3 Å². The van der Waals surface area contributed by atoms with Crippen LogP contribution in [0.2, 0.25) is 0 Å². The Kier molecular flexibility index (Phi) is 1.98. The van der Waals surface area contributed by atoms with Crippen LogP contribution in [0.5, 0.6) is 0 Å². The van der Waals surface area contributed by atoms with Gasteiger partial charge in [-0.15, -0.1) is 0 Å². The van der Waals surface area contributed by atoms with Crippen LogP contribution < -0.4 is 0 Å². The number of carbonyl (C=O) groups excluding carboxylic acids is 1. The predicted molar refractivity (Wildman–Crippen MR) is 52.8 cm³/mol. The average molecular weight is 192 g/mol. The smallest absolute Gasteiger partial charge is 0.140 e. The zero-order valence-electron chi connectivity index (χ0n) is 8.37. The van der Waals surface area contributed by atoms with E-state index in [4.69, 9.17) is 4.74 Å².